The molecule has 2 aliphatic heterocycles. The molecule has 4 heterocycles. The van der Waals surface area contributed by atoms with Gasteiger partial charge in [0.05, 0.1) is 19.4 Å². The third-order valence-electron chi connectivity index (χ3n) is 5.05. The van der Waals surface area contributed by atoms with E-state index in [4.69, 9.17) is 4.74 Å². The predicted octanol–water partition coefficient (Wildman–Crippen LogP) is 1.19. The van der Waals surface area contributed by atoms with Gasteiger partial charge in [-0.25, -0.2) is 9.50 Å². The number of carbonyl (C=O) groups is 1. The molecule has 0 unspecified atom stereocenters. The van der Waals surface area contributed by atoms with Crippen molar-refractivity contribution in [3.8, 4) is 0 Å². The van der Waals surface area contributed by atoms with Gasteiger partial charge in [-0.3, -0.25) is 4.79 Å². The van der Waals surface area contributed by atoms with E-state index in [1.54, 1.807) is 12.4 Å². The number of aromatic nitrogens is 3. The van der Waals surface area contributed by atoms with E-state index in [1.807, 2.05) is 21.7 Å². The van der Waals surface area contributed by atoms with Crippen LogP contribution < -0.4 is 4.90 Å². The average molecular weight is 329 g/mol. The minimum Gasteiger partial charge on any atom is -0.378 e. The Morgan fingerprint density at radius 3 is 2.75 bits per heavy atom. The first-order valence-corrected chi connectivity index (χ1v) is 8.70. The van der Waals surface area contributed by atoms with Crippen LogP contribution in [0.5, 0.6) is 0 Å². The maximum Gasteiger partial charge on any atom is 0.223 e. The Bertz CT molecular complexity index is 702. The third kappa shape index (κ3) is 3.08. The highest BCUT2D eigenvalue weighted by Crippen LogP contribution is 2.27. The highest BCUT2D eigenvalue weighted by Gasteiger charge is 2.26. The maximum atomic E-state index is 12.4. The van der Waals surface area contributed by atoms with Crippen LogP contribution >= 0.6 is 0 Å². The fraction of sp³-hybridized carbons (Fsp3) is 0.588. The van der Waals surface area contributed by atoms with Crippen LogP contribution in [-0.2, 0) is 9.53 Å². The molecule has 2 aromatic rings. The van der Waals surface area contributed by atoms with Crippen LogP contribution in [0.3, 0.4) is 0 Å². The summed E-state index contributed by atoms with van der Waals surface area (Å²) in [7, 11) is 0. The lowest BCUT2D eigenvalue weighted by Crippen LogP contribution is -2.42. The molecule has 1 amide bonds. The summed E-state index contributed by atoms with van der Waals surface area (Å²) < 4.78 is 7.17. The number of carbonyl (C=O) groups excluding carboxylic acids is 1. The predicted molar refractivity (Wildman–Crippen MR) is 89.9 cm³/mol. The summed E-state index contributed by atoms with van der Waals surface area (Å²) >= 11 is 0. The van der Waals surface area contributed by atoms with Crippen molar-refractivity contribution < 1.29 is 9.53 Å². The summed E-state index contributed by atoms with van der Waals surface area (Å²) in [5.74, 6) is 1.75. The highest BCUT2D eigenvalue weighted by molar-refractivity contribution is 5.76. The second-order valence-electron chi connectivity index (χ2n) is 6.54. The lowest BCUT2D eigenvalue weighted by atomic mass is 9.93. The minimum atomic E-state index is 0.285. The molecule has 0 atom stereocenters. The van der Waals surface area contributed by atoms with Gasteiger partial charge in [-0.15, -0.1) is 0 Å². The van der Waals surface area contributed by atoms with E-state index >= 15 is 0 Å². The number of nitrogens with zero attached hydrogens (tertiary/aromatic N) is 5. The van der Waals surface area contributed by atoms with Crippen LogP contribution in [0.4, 0.5) is 5.82 Å². The summed E-state index contributed by atoms with van der Waals surface area (Å²) in [6.07, 6.45) is 8.20. The van der Waals surface area contributed by atoms with E-state index in [0.717, 1.165) is 50.4 Å². The van der Waals surface area contributed by atoms with E-state index in [9.17, 15) is 4.79 Å². The first-order chi connectivity index (χ1) is 11.8. The Kier molecular flexibility index (Phi) is 4.34. The van der Waals surface area contributed by atoms with E-state index in [0.29, 0.717) is 25.6 Å². The zero-order valence-corrected chi connectivity index (χ0v) is 13.8. The first-order valence-electron chi connectivity index (χ1n) is 8.70. The number of anilines is 1. The summed E-state index contributed by atoms with van der Waals surface area (Å²) in [5, 5.41) is 4.27. The monoisotopic (exact) mass is 329 g/mol. The lowest BCUT2D eigenvalue weighted by molar-refractivity contribution is -0.136. The summed E-state index contributed by atoms with van der Waals surface area (Å²) in [4.78, 5) is 21.2. The van der Waals surface area contributed by atoms with Gasteiger partial charge in [-0.05, 0) is 24.8 Å². The Morgan fingerprint density at radius 1 is 1.17 bits per heavy atom. The number of ether oxygens (including phenoxy) is 1. The van der Waals surface area contributed by atoms with Crippen molar-refractivity contribution in [1.29, 1.82) is 0 Å². The van der Waals surface area contributed by atoms with E-state index in [1.165, 1.54) is 0 Å². The molecule has 0 N–H and O–H groups in total. The summed E-state index contributed by atoms with van der Waals surface area (Å²) in [5.41, 5.74) is 1.04. The van der Waals surface area contributed by atoms with Gasteiger partial charge in [0.2, 0.25) is 5.91 Å². The average Bonchev–Trinajstić information content (AvgIpc) is 3.12. The lowest BCUT2D eigenvalue weighted by Gasteiger charge is -2.34. The van der Waals surface area contributed by atoms with Crippen molar-refractivity contribution in [2.75, 3.05) is 44.3 Å². The van der Waals surface area contributed by atoms with Gasteiger partial charge in [-0.1, -0.05) is 0 Å². The maximum absolute atomic E-state index is 12.4. The van der Waals surface area contributed by atoms with Crippen molar-refractivity contribution in [2.24, 2.45) is 5.92 Å². The molecule has 2 saturated heterocycles. The first kappa shape index (κ1) is 15.4. The van der Waals surface area contributed by atoms with Crippen LogP contribution in [0.25, 0.3) is 5.52 Å². The molecule has 0 bridgehead atoms. The van der Waals surface area contributed by atoms with E-state index < -0.39 is 0 Å². The molecular weight excluding hydrogens is 306 g/mol. The SMILES string of the molecule is O=C(CC1CCN(c2nccn3nccc23)CC1)N1CCOCC1. The highest BCUT2D eigenvalue weighted by atomic mass is 16.5. The Hall–Kier alpha value is -2.15. The molecule has 7 heteroatoms. The zero-order chi connectivity index (χ0) is 16.4. The molecule has 4 rings (SSSR count). The van der Waals surface area contributed by atoms with Gasteiger partial charge >= 0.3 is 0 Å². The quantitative estimate of drug-likeness (QED) is 0.846. The van der Waals surface area contributed by atoms with Gasteiger partial charge in [0.15, 0.2) is 5.82 Å². The molecule has 0 radical (unpaired) electrons. The van der Waals surface area contributed by atoms with Gasteiger partial charge in [0.25, 0.3) is 0 Å². The Morgan fingerprint density at radius 2 is 1.96 bits per heavy atom. The Balaban J connectivity index is 1.35. The smallest absolute Gasteiger partial charge is 0.223 e. The van der Waals surface area contributed by atoms with Crippen LogP contribution in [0.15, 0.2) is 24.7 Å². The fourth-order valence-corrected chi connectivity index (χ4v) is 3.62. The zero-order valence-electron chi connectivity index (χ0n) is 13.8. The Labute approximate surface area is 141 Å². The van der Waals surface area contributed by atoms with Gasteiger partial charge in [-0.2, -0.15) is 5.10 Å². The third-order valence-corrected chi connectivity index (χ3v) is 5.05. The number of piperidine rings is 1. The van der Waals surface area contributed by atoms with Crippen molar-refractivity contribution >= 4 is 17.2 Å². The normalized spacial score (nSPS) is 19.8. The van der Waals surface area contributed by atoms with Crippen LogP contribution in [-0.4, -0.2) is 64.8 Å². The molecular formula is C17H23N5O2. The number of rotatable bonds is 3. The molecule has 0 saturated carbocycles. The van der Waals surface area contributed by atoms with Crippen LogP contribution in [0.1, 0.15) is 19.3 Å². The van der Waals surface area contributed by atoms with Gasteiger partial charge in [0.1, 0.15) is 5.52 Å². The molecule has 128 valence electrons. The topological polar surface area (TPSA) is 63.0 Å². The summed E-state index contributed by atoms with van der Waals surface area (Å²) in [6, 6.07) is 2.00. The molecule has 7 nitrogen and oxygen atoms in total. The van der Waals surface area contributed by atoms with Gasteiger partial charge < -0.3 is 14.5 Å². The molecule has 0 aromatic carbocycles. The van der Waals surface area contributed by atoms with Crippen molar-refractivity contribution in [2.45, 2.75) is 19.3 Å². The fourth-order valence-electron chi connectivity index (χ4n) is 3.62. The minimum absolute atomic E-state index is 0.285. The number of fused-ring (bicyclic) bond motifs is 1. The van der Waals surface area contributed by atoms with Crippen molar-refractivity contribution in [1.82, 2.24) is 19.5 Å². The van der Waals surface area contributed by atoms with E-state index in [-0.39, 0.29) is 5.91 Å². The number of amides is 1. The second-order valence-corrected chi connectivity index (χ2v) is 6.54. The summed E-state index contributed by atoms with van der Waals surface area (Å²) in [6.45, 7) is 4.71. The number of hydrogen-bond acceptors (Lipinski definition) is 5. The molecule has 2 fully saturated rings. The van der Waals surface area contributed by atoms with Crippen molar-refractivity contribution in [3.63, 3.8) is 0 Å². The standard InChI is InChI=1S/C17H23N5O2/c23-16(20-9-11-24-12-10-20)13-14-2-6-21(7-3-14)17-15-1-4-19-22(15)8-5-18-17/h1,4-5,8,14H,2-3,6-7,9-13H2. The van der Waals surface area contributed by atoms with E-state index in [2.05, 4.69) is 15.0 Å². The largest absolute Gasteiger partial charge is 0.378 e. The van der Waals surface area contributed by atoms with Crippen LogP contribution in [0, 0.1) is 5.92 Å². The van der Waals surface area contributed by atoms with Gasteiger partial charge in [0, 0.05) is 45.0 Å². The van der Waals surface area contributed by atoms with Crippen LogP contribution in [0.2, 0.25) is 0 Å². The number of hydrogen-bond donors (Lipinski definition) is 0. The van der Waals surface area contributed by atoms with Crippen molar-refractivity contribution in [3.05, 3.63) is 24.7 Å². The molecule has 0 aliphatic carbocycles. The second kappa shape index (κ2) is 6.76. The number of morpholine rings is 1. The molecule has 24 heavy (non-hydrogen) atoms. The molecule has 2 aromatic heterocycles. The molecule has 2 aliphatic rings. The molecule has 0 spiro atoms.